The van der Waals surface area contributed by atoms with Gasteiger partial charge in [-0.1, -0.05) is 0 Å². The van der Waals surface area contributed by atoms with Crippen LogP contribution in [0.1, 0.15) is 50.0 Å². The van der Waals surface area contributed by atoms with E-state index in [2.05, 4.69) is 5.10 Å². The molecular weight excluding hydrogens is 282 g/mol. The van der Waals surface area contributed by atoms with Crippen molar-refractivity contribution in [1.82, 2.24) is 14.7 Å². The summed E-state index contributed by atoms with van der Waals surface area (Å²) in [7, 11) is 1.56. The van der Waals surface area contributed by atoms with Crippen molar-refractivity contribution < 1.29 is 9.53 Å². The molecule has 0 unspecified atom stereocenters. The number of piperidine rings is 1. The molecule has 1 atom stereocenters. The number of rotatable bonds is 5. The normalized spacial score (nSPS) is 18.7. The van der Waals surface area contributed by atoms with Gasteiger partial charge in [0, 0.05) is 32.3 Å². The number of aromatic nitrogens is 2. The lowest BCUT2D eigenvalue weighted by molar-refractivity contribution is 0.0393. The van der Waals surface area contributed by atoms with Crippen molar-refractivity contribution in [2.45, 2.75) is 51.7 Å². The van der Waals surface area contributed by atoms with Crippen molar-refractivity contribution in [2.75, 3.05) is 13.2 Å². The van der Waals surface area contributed by atoms with Gasteiger partial charge >= 0.3 is 0 Å². The summed E-state index contributed by atoms with van der Waals surface area (Å²) in [5.41, 5.74) is 0.121. The van der Waals surface area contributed by atoms with E-state index in [9.17, 15) is 9.59 Å². The third kappa shape index (κ3) is 4.16. The highest BCUT2D eigenvalue weighted by Gasteiger charge is 2.28. The zero-order valence-corrected chi connectivity index (χ0v) is 13.6. The summed E-state index contributed by atoms with van der Waals surface area (Å²) in [4.78, 5) is 26.0. The van der Waals surface area contributed by atoms with Crippen LogP contribution in [0.4, 0.5) is 0 Å². The van der Waals surface area contributed by atoms with E-state index in [1.54, 1.807) is 7.05 Å². The maximum Gasteiger partial charge on any atom is 0.274 e. The molecule has 1 saturated heterocycles. The van der Waals surface area contributed by atoms with Crippen molar-refractivity contribution in [2.24, 2.45) is 7.05 Å². The zero-order valence-electron chi connectivity index (χ0n) is 13.6. The van der Waals surface area contributed by atoms with E-state index in [0.717, 1.165) is 32.2 Å². The van der Waals surface area contributed by atoms with Crippen LogP contribution in [0.5, 0.6) is 0 Å². The minimum Gasteiger partial charge on any atom is -0.379 e. The fourth-order valence-corrected chi connectivity index (χ4v) is 2.77. The Balaban J connectivity index is 2.07. The van der Waals surface area contributed by atoms with E-state index in [-0.39, 0.29) is 23.6 Å². The number of hydrogen-bond acceptors (Lipinski definition) is 4. The minimum atomic E-state index is -0.211. The van der Waals surface area contributed by atoms with Crippen molar-refractivity contribution in [3.63, 3.8) is 0 Å². The average molecular weight is 307 g/mol. The van der Waals surface area contributed by atoms with Crippen LogP contribution in [0.3, 0.4) is 0 Å². The molecule has 0 aliphatic carbocycles. The van der Waals surface area contributed by atoms with Crippen LogP contribution in [-0.4, -0.2) is 45.9 Å². The van der Waals surface area contributed by atoms with Gasteiger partial charge in [0.25, 0.3) is 11.5 Å². The SMILES string of the molecule is CC(C)OCC[C@H]1CCCCN1C(=O)c1ccc(=O)n(C)n1. The van der Waals surface area contributed by atoms with E-state index in [1.807, 2.05) is 18.7 Å². The first-order chi connectivity index (χ1) is 10.5. The molecule has 6 heteroatoms. The number of carbonyl (C=O) groups is 1. The van der Waals surface area contributed by atoms with E-state index < -0.39 is 0 Å². The molecule has 1 aliphatic heterocycles. The molecule has 22 heavy (non-hydrogen) atoms. The Morgan fingerprint density at radius 2 is 2.18 bits per heavy atom. The fraction of sp³-hybridized carbons (Fsp3) is 0.688. The van der Waals surface area contributed by atoms with Gasteiger partial charge < -0.3 is 9.64 Å². The van der Waals surface area contributed by atoms with Gasteiger partial charge in [0.15, 0.2) is 0 Å². The maximum absolute atomic E-state index is 12.7. The summed E-state index contributed by atoms with van der Waals surface area (Å²) < 4.78 is 6.82. The Hall–Kier alpha value is -1.69. The van der Waals surface area contributed by atoms with Gasteiger partial charge in [0.05, 0.1) is 6.10 Å². The number of carbonyl (C=O) groups excluding carboxylic acids is 1. The summed E-state index contributed by atoms with van der Waals surface area (Å²) in [5.74, 6) is -0.0927. The van der Waals surface area contributed by atoms with Crippen LogP contribution in [0.2, 0.25) is 0 Å². The van der Waals surface area contributed by atoms with Crippen LogP contribution < -0.4 is 5.56 Å². The molecule has 0 saturated carbocycles. The van der Waals surface area contributed by atoms with Crippen LogP contribution in [0, 0.1) is 0 Å². The Bertz CT molecular complexity index is 568. The van der Waals surface area contributed by atoms with E-state index >= 15 is 0 Å². The summed E-state index contributed by atoms with van der Waals surface area (Å²) in [6.45, 7) is 5.43. The molecule has 2 heterocycles. The lowest BCUT2D eigenvalue weighted by Crippen LogP contribution is -2.45. The number of aryl methyl sites for hydroxylation is 1. The van der Waals surface area contributed by atoms with Crippen molar-refractivity contribution in [3.05, 3.63) is 28.2 Å². The Labute approximate surface area is 131 Å². The van der Waals surface area contributed by atoms with Crippen LogP contribution in [0.25, 0.3) is 0 Å². The molecule has 122 valence electrons. The molecule has 1 aromatic rings. The molecule has 6 nitrogen and oxygen atoms in total. The first-order valence-corrected chi connectivity index (χ1v) is 7.96. The van der Waals surface area contributed by atoms with Gasteiger partial charge in [-0.3, -0.25) is 9.59 Å². The molecular formula is C16H25N3O3. The molecule has 2 rings (SSSR count). The Kier molecular flexibility index (Phi) is 5.71. The standard InChI is InChI=1S/C16H25N3O3/c1-12(2)22-11-9-13-6-4-5-10-19(13)16(21)14-7-8-15(20)18(3)17-14/h7-8,12-13H,4-6,9-11H2,1-3H3/t13-/m1/s1. The first-order valence-electron chi connectivity index (χ1n) is 7.96. The minimum absolute atomic E-state index is 0.0927. The second-order valence-electron chi connectivity index (χ2n) is 6.04. The molecule has 0 radical (unpaired) electrons. The first kappa shape index (κ1) is 16.7. The number of amides is 1. The topological polar surface area (TPSA) is 64.4 Å². The number of hydrogen-bond donors (Lipinski definition) is 0. The summed E-state index contributed by atoms with van der Waals surface area (Å²) in [6.07, 6.45) is 4.20. The summed E-state index contributed by atoms with van der Waals surface area (Å²) in [6, 6.07) is 3.10. The molecule has 0 N–H and O–H groups in total. The molecule has 1 aliphatic rings. The Morgan fingerprint density at radius 3 is 2.86 bits per heavy atom. The van der Waals surface area contributed by atoms with Gasteiger partial charge in [-0.05, 0) is 45.6 Å². The molecule has 0 aromatic carbocycles. The molecule has 0 spiro atoms. The molecule has 1 fully saturated rings. The van der Waals surface area contributed by atoms with Crippen LogP contribution >= 0.6 is 0 Å². The second kappa shape index (κ2) is 7.54. The van der Waals surface area contributed by atoms with Crippen molar-refractivity contribution in [1.29, 1.82) is 0 Å². The number of likely N-dealkylation sites (tertiary alicyclic amines) is 1. The summed E-state index contributed by atoms with van der Waals surface area (Å²) >= 11 is 0. The third-order valence-electron chi connectivity index (χ3n) is 3.97. The van der Waals surface area contributed by atoms with E-state index in [4.69, 9.17) is 4.74 Å². The zero-order chi connectivity index (χ0) is 16.1. The second-order valence-corrected chi connectivity index (χ2v) is 6.04. The van der Waals surface area contributed by atoms with Gasteiger partial charge in [-0.25, -0.2) is 4.68 Å². The average Bonchev–Trinajstić information content (AvgIpc) is 2.49. The van der Waals surface area contributed by atoms with E-state index in [0.29, 0.717) is 12.3 Å². The van der Waals surface area contributed by atoms with Gasteiger partial charge in [-0.15, -0.1) is 0 Å². The maximum atomic E-state index is 12.7. The van der Waals surface area contributed by atoms with Gasteiger partial charge in [-0.2, -0.15) is 5.10 Å². The van der Waals surface area contributed by atoms with Crippen LogP contribution in [-0.2, 0) is 11.8 Å². The smallest absolute Gasteiger partial charge is 0.274 e. The highest BCUT2D eigenvalue weighted by Crippen LogP contribution is 2.21. The molecule has 0 bridgehead atoms. The van der Waals surface area contributed by atoms with Crippen molar-refractivity contribution >= 4 is 5.91 Å². The van der Waals surface area contributed by atoms with Crippen LogP contribution in [0.15, 0.2) is 16.9 Å². The molecule has 1 aromatic heterocycles. The highest BCUT2D eigenvalue weighted by atomic mass is 16.5. The summed E-state index contributed by atoms with van der Waals surface area (Å²) in [5, 5.41) is 4.07. The monoisotopic (exact) mass is 307 g/mol. The lowest BCUT2D eigenvalue weighted by Gasteiger charge is -2.35. The molecule has 1 amide bonds. The quantitative estimate of drug-likeness (QED) is 0.828. The van der Waals surface area contributed by atoms with Gasteiger partial charge in [0.1, 0.15) is 5.69 Å². The predicted molar refractivity (Wildman–Crippen MR) is 83.9 cm³/mol. The third-order valence-corrected chi connectivity index (χ3v) is 3.97. The van der Waals surface area contributed by atoms with Gasteiger partial charge in [0.2, 0.25) is 0 Å². The van der Waals surface area contributed by atoms with E-state index in [1.165, 1.54) is 16.8 Å². The van der Waals surface area contributed by atoms with Crippen molar-refractivity contribution in [3.8, 4) is 0 Å². The number of nitrogens with zero attached hydrogens (tertiary/aromatic N) is 3. The predicted octanol–water partition coefficient (Wildman–Crippen LogP) is 1.59. The lowest BCUT2D eigenvalue weighted by atomic mass is 9.99. The highest BCUT2D eigenvalue weighted by molar-refractivity contribution is 5.92. The number of ether oxygens (including phenoxy) is 1. The fourth-order valence-electron chi connectivity index (χ4n) is 2.77. The largest absolute Gasteiger partial charge is 0.379 e. The Morgan fingerprint density at radius 1 is 1.41 bits per heavy atom.